The van der Waals surface area contributed by atoms with E-state index in [-0.39, 0.29) is 30.8 Å². The van der Waals surface area contributed by atoms with Crippen LogP contribution in [-0.4, -0.2) is 62.4 Å². The highest BCUT2D eigenvalue weighted by atomic mass is 32.2. The van der Waals surface area contributed by atoms with Gasteiger partial charge in [0.05, 0.1) is 17.5 Å². The third-order valence-corrected chi connectivity index (χ3v) is 11.7. The number of anilines is 1. The van der Waals surface area contributed by atoms with Crippen LogP contribution >= 0.6 is 0 Å². The van der Waals surface area contributed by atoms with Gasteiger partial charge in [-0.15, -0.1) is 5.10 Å². The summed E-state index contributed by atoms with van der Waals surface area (Å²) in [5.74, 6) is -0.148. The smallest absolute Gasteiger partial charge is 0.304 e. The van der Waals surface area contributed by atoms with Gasteiger partial charge in [-0.1, -0.05) is 36.9 Å². The second kappa shape index (κ2) is 11.5. The number of carbonyl (C=O) groups is 1. The second-order valence-electron chi connectivity index (χ2n) is 13.0. The van der Waals surface area contributed by atoms with Crippen molar-refractivity contribution in [1.29, 1.82) is 0 Å². The van der Waals surface area contributed by atoms with Crippen molar-refractivity contribution in [2.75, 3.05) is 18.0 Å². The van der Waals surface area contributed by atoms with Crippen LogP contribution in [0.5, 0.6) is 0 Å². The van der Waals surface area contributed by atoms with Gasteiger partial charge < -0.3 is 10.0 Å². The molecule has 2 aromatic carbocycles. The van der Waals surface area contributed by atoms with Crippen LogP contribution in [-0.2, 0) is 27.9 Å². The van der Waals surface area contributed by atoms with Crippen molar-refractivity contribution in [3.8, 4) is 0 Å². The number of sulfonamides is 1. The maximum atomic E-state index is 14.1. The molecule has 4 aromatic rings. The molecule has 0 spiro atoms. The van der Waals surface area contributed by atoms with Crippen LogP contribution in [0.25, 0.3) is 11.0 Å². The van der Waals surface area contributed by atoms with E-state index in [9.17, 15) is 18.3 Å². The Kier molecular flexibility index (Phi) is 7.97. The molecule has 2 aromatic heterocycles. The van der Waals surface area contributed by atoms with E-state index in [1.54, 1.807) is 22.6 Å². The molecule has 11 heteroatoms. The summed E-state index contributed by atoms with van der Waals surface area (Å²) >= 11 is 0. The van der Waals surface area contributed by atoms with E-state index in [0.29, 0.717) is 18.3 Å². The molecule has 1 saturated carbocycles. The summed E-state index contributed by atoms with van der Waals surface area (Å²) in [6.07, 6.45) is 5.85. The zero-order chi connectivity index (χ0) is 30.8. The first-order valence-electron chi connectivity index (χ1n) is 15.4. The van der Waals surface area contributed by atoms with Gasteiger partial charge in [0.1, 0.15) is 16.2 Å². The van der Waals surface area contributed by atoms with Gasteiger partial charge in [-0.2, -0.15) is 4.31 Å². The molecule has 0 unspecified atom stereocenters. The third kappa shape index (κ3) is 5.50. The topological polar surface area (TPSA) is 122 Å². The SMILES string of the molecule is C.Cc1ccc([C@H](CC(=O)O)c2ccc3c(nnn3CC3CC3)c2C)cc1CN1C[C@]2(C)CCCN2c2ncccc2S1(=O)=O. The zero-order valence-corrected chi connectivity index (χ0v) is 26.2. The van der Waals surface area contributed by atoms with E-state index in [0.717, 1.165) is 64.8 Å². The number of pyridine rings is 1. The van der Waals surface area contributed by atoms with Crippen LogP contribution in [0, 0.1) is 19.8 Å². The first kappa shape index (κ1) is 31.2. The highest BCUT2D eigenvalue weighted by Gasteiger charge is 2.47. The van der Waals surface area contributed by atoms with Gasteiger partial charge >= 0.3 is 5.97 Å². The van der Waals surface area contributed by atoms with Crippen molar-refractivity contribution in [2.45, 2.75) is 89.7 Å². The molecule has 1 aliphatic carbocycles. The van der Waals surface area contributed by atoms with Gasteiger partial charge in [-0.3, -0.25) is 4.79 Å². The molecule has 1 saturated heterocycles. The van der Waals surface area contributed by atoms with E-state index < -0.39 is 21.9 Å². The van der Waals surface area contributed by atoms with Crippen LogP contribution in [0.15, 0.2) is 53.6 Å². The van der Waals surface area contributed by atoms with E-state index in [1.807, 2.05) is 48.9 Å². The normalized spacial score (nSPS) is 21.5. The molecule has 238 valence electrons. The minimum atomic E-state index is -3.83. The Morgan fingerprint density at radius 3 is 2.71 bits per heavy atom. The van der Waals surface area contributed by atoms with Gasteiger partial charge in [-0.25, -0.2) is 18.1 Å². The number of hydrogen-bond acceptors (Lipinski definition) is 7. The van der Waals surface area contributed by atoms with Crippen LogP contribution in [0.1, 0.15) is 80.2 Å². The summed E-state index contributed by atoms with van der Waals surface area (Å²) in [4.78, 5) is 19.1. The number of hydrogen-bond donors (Lipinski definition) is 1. The Morgan fingerprint density at radius 1 is 1.16 bits per heavy atom. The number of aromatic nitrogens is 4. The fourth-order valence-electron chi connectivity index (χ4n) is 7.17. The minimum Gasteiger partial charge on any atom is -0.481 e. The number of rotatable bonds is 8. The quantitative estimate of drug-likeness (QED) is 0.265. The highest BCUT2D eigenvalue weighted by molar-refractivity contribution is 7.89. The van der Waals surface area contributed by atoms with Crippen molar-refractivity contribution < 1.29 is 18.3 Å². The van der Waals surface area contributed by atoms with E-state index >= 15 is 0 Å². The lowest BCUT2D eigenvalue weighted by molar-refractivity contribution is -0.137. The van der Waals surface area contributed by atoms with E-state index in [1.165, 1.54) is 12.8 Å². The first-order valence-corrected chi connectivity index (χ1v) is 16.9. The van der Waals surface area contributed by atoms with Gasteiger partial charge in [0.15, 0.2) is 0 Å². The molecule has 45 heavy (non-hydrogen) atoms. The predicted octanol–water partition coefficient (Wildman–Crippen LogP) is 5.66. The van der Waals surface area contributed by atoms with E-state index in [2.05, 4.69) is 27.1 Å². The molecule has 0 bridgehead atoms. The molecule has 2 fully saturated rings. The Balaban J connectivity index is 0.00000357. The van der Waals surface area contributed by atoms with Crippen LogP contribution in [0.3, 0.4) is 0 Å². The van der Waals surface area contributed by atoms with Gasteiger partial charge in [0.2, 0.25) is 10.0 Å². The molecule has 7 rings (SSSR count). The fraction of sp³-hybridized carbons (Fsp3) is 0.471. The molecule has 10 nitrogen and oxygen atoms in total. The van der Waals surface area contributed by atoms with Crippen LogP contribution < -0.4 is 4.90 Å². The Bertz CT molecular complexity index is 1880. The molecule has 0 amide bonds. The molecular formula is C34H42N6O4S. The monoisotopic (exact) mass is 630 g/mol. The Hall–Kier alpha value is -3.83. The molecule has 4 heterocycles. The lowest BCUT2D eigenvalue weighted by atomic mass is 9.84. The fourth-order valence-corrected chi connectivity index (χ4v) is 8.85. The number of carboxylic acid groups (broad SMARTS) is 1. The average molecular weight is 631 g/mol. The van der Waals surface area contributed by atoms with Crippen molar-refractivity contribution >= 4 is 32.8 Å². The van der Waals surface area contributed by atoms with E-state index in [4.69, 9.17) is 0 Å². The zero-order valence-electron chi connectivity index (χ0n) is 25.4. The number of nitrogens with zero attached hydrogens (tertiary/aromatic N) is 6. The highest BCUT2D eigenvalue weighted by Crippen LogP contribution is 2.42. The molecule has 1 N–H and O–H groups in total. The van der Waals surface area contributed by atoms with Crippen LogP contribution in [0.2, 0.25) is 0 Å². The average Bonchev–Trinajstić information content (AvgIpc) is 3.60. The lowest BCUT2D eigenvalue weighted by Crippen LogP contribution is -2.49. The molecule has 2 aliphatic heterocycles. The lowest BCUT2D eigenvalue weighted by Gasteiger charge is -2.36. The van der Waals surface area contributed by atoms with Crippen molar-refractivity contribution in [2.24, 2.45) is 5.92 Å². The van der Waals surface area contributed by atoms with Crippen LogP contribution in [0.4, 0.5) is 5.82 Å². The Morgan fingerprint density at radius 2 is 1.96 bits per heavy atom. The largest absolute Gasteiger partial charge is 0.481 e. The molecule has 2 atom stereocenters. The standard InChI is InChI=1S/C33H38N6O4S.CH4/c1-21-7-10-24(27(17-30(40)41)26-11-12-28-31(22(26)2)35-36-39(28)18-23-8-9-23)16-25(21)19-37-20-33(3)13-5-15-38(33)32-29(44(37,42)43)6-4-14-34-32;/h4,6-7,10-12,14,16,23,27H,5,8-9,13,15,17-20H2,1-3H3,(H,40,41);1H4/t27-,33-;/m0./s1. The van der Waals surface area contributed by atoms with Gasteiger partial charge in [-0.05, 0) is 98.4 Å². The summed E-state index contributed by atoms with van der Waals surface area (Å²) in [6, 6.07) is 13.3. The summed E-state index contributed by atoms with van der Waals surface area (Å²) in [5, 5.41) is 18.9. The number of aliphatic carboxylic acids is 1. The minimum absolute atomic E-state index is 0. The predicted molar refractivity (Wildman–Crippen MR) is 174 cm³/mol. The third-order valence-electron chi connectivity index (χ3n) is 9.88. The number of fused-ring (bicyclic) bond motifs is 4. The second-order valence-corrected chi connectivity index (χ2v) is 15.0. The summed E-state index contributed by atoms with van der Waals surface area (Å²) < 4.78 is 31.8. The number of benzene rings is 2. The summed E-state index contributed by atoms with van der Waals surface area (Å²) in [6.45, 7) is 8.25. The number of aryl methyl sites for hydroxylation is 2. The number of carboxylic acids is 1. The maximum absolute atomic E-state index is 14.1. The molecule has 3 aliphatic rings. The summed E-state index contributed by atoms with van der Waals surface area (Å²) in [5.41, 5.74) is 5.86. The van der Waals surface area contributed by atoms with Crippen molar-refractivity contribution in [3.05, 3.63) is 76.5 Å². The maximum Gasteiger partial charge on any atom is 0.304 e. The molecular weight excluding hydrogens is 588 g/mol. The summed E-state index contributed by atoms with van der Waals surface area (Å²) in [7, 11) is -3.83. The molecule has 0 radical (unpaired) electrons. The van der Waals surface area contributed by atoms with Crippen molar-refractivity contribution in [3.63, 3.8) is 0 Å². The van der Waals surface area contributed by atoms with Gasteiger partial charge in [0.25, 0.3) is 0 Å². The van der Waals surface area contributed by atoms with Gasteiger partial charge in [0, 0.05) is 38.3 Å². The first-order chi connectivity index (χ1) is 21.0. The Labute approximate surface area is 265 Å². The van der Waals surface area contributed by atoms with Crippen molar-refractivity contribution in [1.82, 2.24) is 24.3 Å².